The molecule has 0 aliphatic rings. The van der Waals surface area contributed by atoms with Crippen LogP contribution in [0.25, 0.3) is 0 Å². The molecule has 11 heteroatoms. The van der Waals surface area contributed by atoms with Gasteiger partial charge in [-0.05, 0) is 35.9 Å². The van der Waals surface area contributed by atoms with Gasteiger partial charge in [0, 0.05) is 17.7 Å². The number of carboxylic acids is 1. The van der Waals surface area contributed by atoms with Crippen molar-refractivity contribution in [2.45, 2.75) is 30.5 Å². The molecular weight excluding hydrogens is 416 g/mol. The maximum Gasteiger partial charge on any atom is 0.305 e. The van der Waals surface area contributed by atoms with Gasteiger partial charge in [0.2, 0.25) is 10.0 Å². The Morgan fingerprint density at radius 3 is 2.33 bits per heavy atom. The molecule has 160 valence electrons. The highest BCUT2D eigenvalue weighted by Gasteiger charge is 2.17. The monoisotopic (exact) mass is 436 g/mol. The van der Waals surface area contributed by atoms with Crippen molar-refractivity contribution in [1.29, 1.82) is 0 Å². The zero-order valence-corrected chi connectivity index (χ0v) is 16.4. The zero-order valence-electron chi connectivity index (χ0n) is 15.6. The summed E-state index contributed by atoms with van der Waals surface area (Å²) in [6.45, 7) is -0.605. The minimum absolute atomic E-state index is 0.0739. The first kappa shape index (κ1) is 23.0. The molecule has 0 radical (unpaired) electrons. The molecule has 0 spiro atoms. The Kier molecular flexibility index (Phi) is 7.64. The average Bonchev–Trinajstić information content (AvgIpc) is 2.72. The van der Waals surface area contributed by atoms with Crippen LogP contribution in [0.15, 0.2) is 47.4 Å². The van der Waals surface area contributed by atoms with Crippen LogP contribution in [0, 0.1) is 0 Å². The number of aldehydes is 1. The number of carbonyl (C=O) groups excluding carboxylic acids is 2. The Morgan fingerprint density at radius 1 is 1.10 bits per heavy atom. The Labute approximate surface area is 172 Å². The first-order valence-corrected chi connectivity index (χ1v) is 10.1. The smallest absolute Gasteiger partial charge is 0.305 e. The number of amides is 1. The fraction of sp³-hybridized carbons (Fsp3) is 0.211. The lowest BCUT2D eigenvalue weighted by molar-refractivity contribution is -0.138. The van der Waals surface area contributed by atoms with E-state index < -0.39 is 41.0 Å². The second-order valence-electron chi connectivity index (χ2n) is 6.28. The molecule has 0 aliphatic carbocycles. The normalized spacial score (nSPS) is 12.2. The number of benzene rings is 2. The SMILES string of the molecule is O=C[C@H](CC(=O)O)NC(=O)c1ccc(CNS(=O)(=O)c2ccc(O)c(CO)c2)cc1. The van der Waals surface area contributed by atoms with Crippen molar-refractivity contribution in [1.82, 2.24) is 10.0 Å². The summed E-state index contributed by atoms with van der Waals surface area (Å²) in [5.41, 5.74) is 0.781. The molecule has 0 aromatic heterocycles. The third-order valence-electron chi connectivity index (χ3n) is 4.09. The Bertz CT molecular complexity index is 1030. The fourth-order valence-corrected chi connectivity index (χ4v) is 3.53. The molecule has 5 N–H and O–H groups in total. The lowest BCUT2D eigenvalue weighted by atomic mass is 10.1. The molecule has 0 heterocycles. The number of aliphatic hydroxyl groups is 1. The third-order valence-corrected chi connectivity index (χ3v) is 5.49. The van der Waals surface area contributed by atoms with E-state index in [4.69, 9.17) is 10.2 Å². The van der Waals surface area contributed by atoms with Gasteiger partial charge >= 0.3 is 5.97 Å². The summed E-state index contributed by atoms with van der Waals surface area (Å²) in [4.78, 5) is 33.4. The molecule has 1 atom stereocenters. The van der Waals surface area contributed by atoms with Crippen LogP contribution in [-0.2, 0) is 32.8 Å². The summed E-state index contributed by atoms with van der Waals surface area (Å²) < 4.78 is 27.1. The van der Waals surface area contributed by atoms with Gasteiger partial charge in [-0.15, -0.1) is 0 Å². The fourth-order valence-electron chi connectivity index (χ4n) is 2.46. The second-order valence-corrected chi connectivity index (χ2v) is 8.05. The number of sulfonamides is 1. The maximum absolute atomic E-state index is 12.4. The molecule has 0 bridgehead atoms. The molecule has 0 saturated carbocycles. The molecule has 0 saturated heterocycles. The third kappa shape index (κ3) is 6.11. The molecular formula is C19H20N2O8S. The van der Waals surface area contributed by atoms with E-state index in [0.717, 1.165) is 6.07 Å². The van der Waals surface area contributed by atoms with Crippen molar-refractivity contribution < 1.29 is 38.1 Å². The van der Waals surface area contributed by atoms with Crippen LogP contribution in [0.3, 0.4) is 0 Å². The van der Waals surface area contributed by atoms with E-state index in [1.807, 2.05) is 0 Å². The van der Waals surface area contributed by atoms with Crippen molar-refractivity contribution in [3.8, 4) is 5.75 Å². The van der Waals surface area contributed by atoms with E-state index in [0.29, 0.717) is 11.8 Å². The van der Waals surface area contributed by atoms with Crippen molar-refractivity contribution in [3.63, 3.8) is 0 Å². The second kappa shape index (κ2) is 9.96. The molecule has 0 aliphatic heterocycles. The van der Waals surface area contributed by atoms with E-state index in [9.17, 15) is 27.9 Å². The number of rotatable bonds is 10. The van der Waals surface area contributed by atoms with Gasteiger partial charge in [-0.3, -0.25) is 9.59 Å². The summed E-state index contributed by atoms with van der Waals surface area (Å²) >= 11 is 0. The summed E-state index contributed by atoms with van der Waals surface area (Å²) in [7, 11) is -3.91. The Morgan fingerprint density at radius 2 is 1.77 bits per heavy atom. The van der Waals surface area contributed by atoms with E-state index in [-0.39, 0.29) is 28.3 Å². The maximum atomic E-state index is 12.4. The standard InChI is InChI=1S/C19H20N2O8S/c22-10-14-7-16(5-6-17(14)24)30(28,29)20-9-12-1-3-13(4-2-12)19(27)21-15(11-23)8-18(25)26/h1-7,11,15,20,22,24H,8-10H2,(H,21,27)(H,25,26)/t15-/m0/s1. The number of carbonyl (C=O) groups is 3. The highest BCUT2D eigenvalue weighted by atomic mass is 32.2. The number of aliphatic hydroxyl groups excluding tert-OH is 1. The number of nitrogens with one attached hydrogen (secondary N) is 2. The zero-order chi connectivity index (χ0) is 22.3. The summed E-state index contributed by atoms with van der Waals surface area (Å²) in [5, 5.41) is 29.7. The first-order valence-electron chi connectivity index (χ1n) is 8.65. The van der Waals surface area contributed by atoms with Crippen LogP contribution in [0.1, 0.15) is 27.9 Å². The van der Waals surface area contributed by atoms with Gasteiger partial charge in [0.1, 0.15) is 12.0 Å². The van der Waals surface area contributed by atoms with Crippen LogP contribution in [0.2, 0.25) is 0 Å². The van der Waals surface area contributed by atoms with Crippen LogP contribution in [0.5, 0.6) is 5.75 Å². The van der Waals surface area contributed by atoms with Crippen LogP contribution < -0.4 is 10.0 Å². The number of aliphatic carboxylic acids is 1. The average molecular weight is 436 g/mol. The van der Waals surface area contributed by atoms with Crippen molar-refractivity contribution in [3.05, 3.63) is 59.2 Å². The van der Waals surface area contributed by atoms with E-state index in [2.05, 4.69) is 10.0 Å². The van der Waals surface area contributed by atoms with Gasteiger partial charge in [0.05, 0.1) is 24.0 Å². The molecule has 1 amide bonds. The molecule has 30 heavy (non-hydrogen) atoms. The van der Waals surface area contributed by atoms with Crippen LogP contribution in [-0.4, -0.2) is 47.9 Å². The van der Waals surface area contributed by atoms with Crippen molar-refractivity contribution in [2.24, 2.45) is 0 Å². The Balaban J connectivity index is 2.02. The lowest BCUT2D eigenvalue weighted by Gasteiger charge is -2.11. The van der Waals surface area contributed by atoms with Crippen LogP contribution in [0.4, 0.5) is 0 Å². The minimum Gasteiger partial charge on any atom is -0.508 e. The van der Waals surface area contributed by atoms with E-state index in [1.54, 1.807) is 0 Å². The topological polar surface area (TPSA) is 170 Å². The van der Waals surface area contributed by atoms with E-state index in [1.165, 1.54) is 36.4 Å². The first-order chi connectivity index (χ1) is 14.2. The molecule has 2 rings (SSSR count). The van der Waals surface area contributed by atoms with Gasteiger partial charge < -0.3 is 25.4 Å². The lowest BCUT2D eigenvalue weighted by Crippen LogP contribution is -2.37. The molecule has 0 fully saturated rings. The van der Waals surface area contributed by atoms with Gasteiger partial charge in [-0.1, -0.05) is 12.1 Å². The number of hydrogen-bond acceptors (Lipinski definition) is 7. The van der Waals surface area contributed by atoms with Crippen LogP contribution >= 0.6 is 0 Å². The number of aromatic hydroxyl groups is 1. The number of hydrogen-bond donors (Lipinski definition) is 5. The van der Waals surface area contributed by atoms with Crippen molar-refractivity contribution in [2.75, 3.05) is 0 Å². The van der Waals surface area contributed by atoms with Gasteiger partial charge in [0.25, 0.3) is 5.91 Å². The number of phenols is 1. The summed E-state index contributed by atoms with van der Waals surface area (Å²) in [6.07, 6.45) is -0.203. The molecule has 0 unspecified atom stereocenters. The summed E-state index contributed by atoms with van der Waals surface area (Å²) in [5.74, 6) is -2.08. The number of carboxylic acid groups (broad SMARTS) is 1. The molecule has 2 aromatic rings. The van der Waals surface area contributed by atoms with E-state index >= 15 is 0 Å². The minimum atomic E-state index is -3.91. The van der Waals surface area contributed by atoms with Gasteiger partial charge in [-0.25, -0.2) is 13.1 Å². The quantitative estimate of drug-likeness (QED) is 0.327. The van der Waals surface area contributed by atoms with Gasteiger partial charge in [0.15, 0.2) is 0 Å². The van der Waals surface area contributed by atoms with Gasteiger partial charge in [-0.2, -0.15) is 0 Å². The largest absolute Gasteiger partial charge is 0.508 e. The highest BCUT2D eigenvalue weighted by Crippen LogP contribution is 2.21. The molecule has 2 aromatic carbocycles. The predicted molar refractivity (Wildman–Crippen MR) is 104 cm³/mol. The molecule has 10 nitrogen and oxygen atoms in total. The predicted octanol–water partition coefficient (Wildman–Crippen LogP) is 0.135. The summed E-state index contributed by atoms with van der Waals surface area (Å²) in [6, 6.07) is 8.19. The highest BCUT2D eigenvalue weighted by molar-refractivity contribution is 7.89. The van der Waals surface area contributed by atoms with Crippen molar-refractivity contribution >= 4 is 28.2 Å². The Hall–Kier alpha value is -3.28.